The van der Waals surface area contributed by atoms with Gasteiger partial charge < -0.3 is 4.90 Å². The van der Waals surface area contributed by atoms with Crippen LogP contribution < -0.4 is 5.32 Å². The number of likely N-dealkylation sites (tertiary alicyclic amines) is 1. The highest BCUT2D eigenvalue weighted by molar-refractivity contribution is 6.04. The zero-order valence-corrected chi connectivity index (χ0v) is 18.9. The number of piperidine rings is 1. The number of anilines is 1. The summed E-state index contributed by atoms with van der Waals surface area (Å²) in [6, 6.07) is 11.9. The first-order valence-electron chi connectivity index (χ1n) is 11.3. The second-order valence-corrected chi connectivity index (χ2v) is 8.29. The number of nitrogens with zero attached hydrogens (tertiary/aromatic N) is 7. The predicted octanol–water partition coefficient (Wildman–Crippen LogP) is 3.02. The Labute approximate surface area is 201 Å². The van der Waals surface area contributed by atoms with E-state index in [4.69, 9.17) is 5.26 Å². The number of nitriles is 1. The van der Waals surface area contributed by atoms with Crippen molar-refractivity contribution in [2.75, 3.05) is 18.4 Å². The number of carbonyl (C=O) groups excluding carboxylic acids is 2. The molecule has 10 nitrogen and oxygen atoms in total. The van der Waals surface area contributed by atoms with E-state index in [-0.39, 0.29) is 11.9 Å². The smallest absolute Gasteiger partial charge is 0.258 e. The Hall–Kier alpha value is -4.65. The van der Waals surface area contributed by atoms with E-state index in [0.717, 1.165) is 32.4 Å². The standard InChI is InChI=1S/C25H22N8O2/c26-13-17-5-4-6-18(11-17)23(34)31-25-30-21-12-19(24(35)32-9-2-1-3-10-32)14-28-22(21)33(25)15-20-7-8-27-16-29-20/h4-8,11-12,14,16H,1-3,9-10,15H2,(H,30,31,34). The maximum Gasteiger partial charge on any atom is 0.258 e. The summed E-state index contributed by atoms with van der Waals surface area (Å²) in [5.41, 5.74) is 2.89. The molecule has 2 amide bonds. The molecule has 0 saturated carbocycles. The van der Waals surface area contributed by atoms with Crippen molar-refractivity contribution in [3.63, 3.8) is 0 Å². The van der Waals surface area contributed by atoms with Crippen LogP contribution in [0.1, 0.15) is 51.2 Å². The van der Waals surface area contributed by atoms with Gasteiger partial charge in [0.1, 0.15) is 11.8 Å². The van der Waals surface area contributed by atoms with Gasteiger partial charge in [0.05, 0.1) is 29.4 Å². The summed E-state index contributed by atoms with van der Waals surface area (Å²) in [5.74, 6) is -0.213. The van der Waals surface area contributed by atoms with Crippen LogP contribution in [0.15, 0.2) is 55.1 Å². The molecule has 1 aliphatic rings. The van der Waals surface area contributed by atoms with E-state index in [2.05, 4.69) is 25.3 Å². The highest BCUT2D eigenvalue weighted by atomic mass is 16.2. The Morgan fingerprint density at radius 1 is 1.06 bits per heavy atom. The third-order valence-corrected chi connectivity index (χ3v) is 5.92. The molecular formula is C25H22N8O2. The van der Waals surface area contributed by atoms with Gasteiger partial charge in [0.2, 0.25) is 5.95 Å². The van der Waals surface area contributed by atoms with Crippen molar-refractivity contribution in [1.29, 1.82) is 5.26 Å². The fourth-order valence-electron chi connectivity index (χ4n) is 4.13. The molecular weight excluding hydrogens is 444 g/mol. The molecule has 1 fully saturated rings. The van der Waals surface area contributed by atoms with E-state index >= 15 is 0 Å². The summed E-state index contributed by atoms with van der Waals surface area (Å²) in [5, 5.41) is 12.0. The Balaban J connectivity index is 1.51. The molecule has 10 heteroatoms. The summed E-state index contributed by atoms with van der Waals surface area (Å²) in [7, 11) is 0. The van der Waals surface area contributed by atoms with Crippen LogP contribution in [0.4, 0.5) is 5.95 Å². The van der Waals surface area contributed by atoms with E-state index < -0.39 is 5.91 Å². The number of rotatable bonds is 5. The second kappa shape index (κ2) is 9.69. The maximum atomic E-state index is 13.0. The molecule has 35 heavy (non-hydrogen) atoms. The van der Waals surface area contributed by atoms with Gasteiger partial charge in [-0.25, -0.2) is 19.9 Å². The third-order valence-electron chi connectivity index (χ3n) is 5.92. The molecule has 0 bridgehead atoms. The molecule has 4 heterocycles. The number of carbonyl (C=O) groups is 2. The number of nitrogens with one attached hydrogen (secondary N) is 1. The Bertz CT molecular complexity index is 1440. The second-order valence-electron chi connectivity index (χ2n) is 8.29. The molecule has 0 atom stereocenters. The third kappa shape index (κ3) is 4.70. The quantitative estimate of drug-likeness (QED) is 0.478. The number of fused-ring (bicyclic) bond motifs is 1. The van der Waals surface area contributed by atoms with Crippen LogP contribution in [-0.4, -0.2) is 54.3 Å². The van der Waals surface area contributed by atoms with Gasteiger partial charge in [-0.2, -0.15) is 5.26 Å². The molecule has 1 saturated heterocycles. The van der Waals surface area contributed by atoms with Gasteiger partial charge >= 0.3 is 0 Å². The van der Waals surface area contributed by atoms with Gasteiger partial charge in [-0.1, -0.05) is 6.07 Å². The van der Waals surface area contributed by atoms with Crippen molar-refractivity contribution in [2.24, 2.45) is 0 Å². The van der Waals surface area contributed by atoms with Crippen LogP contribution in [0.3, 0.4) is 0 Å². The topological polar surface area (TPSA) is 130 Å². The highest BCUT2D eigenvalue weighted by Crippen LogP contribution is 2.22. The van der Waals surface area contributed by atoms with E-state index in [0.29, 0.717) is 40.1 Å². The lowest BCUT2D eigenvalue weighted by Crippen LogP contribution is -2.35. The van der Waals surface area contributed by atoms with Gasteiger partial charge in [-0.3, -0.25) is 19.5 Å². The lowest BCUT2D eigenvalue weighted by atomic mass is 10.1. The largest absolute Gasteiger partial charge is 0.339 e. The summed E-state index contributed by atoms with van der Waals surface area (Å²) < 4.78 is 1.73. The fourth-order valence-corrected chi connectivity index (χ4v) is 4.13. The number of amides is 2. The first-order chi connectivity index (χ1) is 17.1. The highest BCUT2D eigenvalue weighted by Gasteiger charge is 2.22. The molecule has 3 aromatic heterocycles. The van der Waals surface area contributed by atoms with Crippen LogP contribution in [0.25, 0.3) is 11.2 Å². The first-order valence-corrected chi connectivity index (χ1v) is 11.3. The van der Waals surface area contributed by atoms with Crippen LogP contribution in [0.5, 0.6) is 0 Å². The number of benzene rings is 1. The zero-order chi connectivity index (χ0) is 24.2. The van der Waals surface area contributed by atoms with Crippen molar-refractivity contribution in [1.82, 2.24) is 29.4 Å². The SMILES string of the molecule is N#Cc1cccc(C(=O)Nc2nc3cc(C(=O)N4CCCCC4)cnc3n2Cc2ccncn2)c1. The van der Waals surface area contributed by atoms with E-state index in [9.17, 15) is 9.59 Å². The Kier molecular flexibility index (Phi) is 6.13. The van der Waals surface area contributed by atoms with Crippen molar-refractivity contribution in [3.8, 4) is 6.07 Å². The molecule has 174 valence electrons. The van der Waals surface area contributed by atoms with E-state index in [1.54, 1.807) is 47.3 Å². The van der Waals surface area contributed by atoms with Gasteiger partial charge in [-0.05, 0) is 49.6 Å². The summed E-state index contributed by atoms with van der Waals surface area (Å²) >= 11 is 0. The van der Waals surface area contributed by atoms with Crippen LogP contribution in [0.2, 0.25) is 0 Å². The number of imidazole rings is 1. The Morgan fingerprint density at radius 2 is 1.91 bits per heavy atom. The molecule has 0 spiro atoms. The van der Waals surface area contributed by atoms with Crippen molar-refractivity contribution >= 4 is 28.9 Å². The van der Waals surface area contributed by atoms with Crippen LogP contribution >= 0.6 is 0 Å². The maximum absolute atomic E-state index is 13.0. The van der Waals surface area contributed by atoms with E-state index in [1.807, 2.05) is 11.0 Å². The Morgan fingerprint density at radius 3 is 2.69 bits per heavy atom. The molecule has 0 radical (unpaired) electrons. The monoisotopic (exact) mass is 466 g/mol. The van der Waals surface area contributed by atoms with Gasteiger partial charge in [0.25, 0.3) is 11.8 Å². The molecule has 1 aliphatic heterocycles. The minimum Gasteiger partial charge on any atom is -0.339 e. The number of hydrogen-bond acceptors (Lipinski definition) is 7. The van der Waals surface area contributed by atoms with Crippen molar-refractivity contribution in [3.05, 3.63) is 77.5 Å². The fraction of sp³-hybridized carbons (Fsp3) is 0.240. The minimum atomic E-state index is -0.411. The number of aromatic nitrogens is 5. The van der Waals surface area contributed by atoms with E-state index in [1.165, 1.54) is 12.4 Å². The number of pyridine rings is 1. The van der Waals surface area contributed by atoms with Gasteiger partial charge in [-0.15, -0.1) is 0 Å². The average molecular weight is 467 g/mol. The first kappa shape index (κ1) is 22.2. The van der Waals surface area contributed by atoms with Gasteiger partial charge in [0.15, 0.2) is 5.65 Å². The summed E-state index contributed by atoms with van der Waals surface area (Å²) in [6.07, 6.45) is 7.77. The van der Waals surface area contributed by atoms with Crippen molar-refractivity contribution in [2.45, 2.75) is 25.8 Å². The summed E-state index contributed by atoms with van der Waals surface area (Å²) in [6.45, 7) is 1.77. The van der Waals surface area contributed by atoms with Crippen molar-refractivity contribution < 1.29 is 9.59 Å². The molecule has 0 aliphatic carbocycles. The lowest BCUT2D eigenvalue weighted by Gasteiger charge is -2.26. The zero-order valence-electron chi connectivity index (χ0n) is 18.9. The minimum absolute atomic E-state index is 0.0663. The normalized spacial score (nSPS) is 13.4. The molecule has 4 aromatic rings. The van der Waals surface area contributed by atoms with Crippen LogP contribution in [-0.2, 0) is 6.54 Å². The molecule has 1 aromatic carbocycles. The molecule has 0 unspecified atom stereocenters. The molecule has 1 N–H and O–H groups in total. The predicted molar refractivity (Wildman–Crippen MR) is 128 cm³/mol. The van der Waals surface area contributed by atoms with Crippen LogP contribution in [0, 0.1) is 11.3 Å². The van der Waals surface area contributed by atoms with Gasteiger partial charge in [0, 0.05) is 31.0 Å². The number of hydrogen-bond donors (Lipinski definition) is 1. The average Bonchev–Trinajstić information content (AvgIpc) is 3.25. The molecule has 5 rings (SSSR count). The summed E-state index contributed by atoms with van der Waals surface area (Å²) in [4.78, 5) is 45.1. The lowest BCUT2D eigenvalue weighted by molar-refractivity contribution is 0.0724.